The first-order valence-corrected chi connectivity index (χ1v) is 6.38. The van der Waals surface area contributed by atoms with E-state index in [0.29, 0.717) is 0 Å². The van der Waals surface area contributed by atoms with Crippen molar-refractivity contribution >= 4 is 5.69 Å². The van der Waals surface area contributed by atoms with Gasteiger partial charge in [0.15, 0.2) is 0 Å². The molecular formula is C14H24N2. The molecule has 0 saturated heterocycles. The van der Waals surface area contributed by atoms with Crippen LogP contribution in [0.15, 0.2) is 24.3 Å². The van der Waals surface area contributed by atoms with Crippen LogP contribution in [-0.2, 0) is 6.42 Å². The van der Waals surface area contributed by atoms with E-state index in [2.05, 4.69) is 24.4 Å². The van der Waals surface area contributed by atoms with Gasteiger partial charge in [-0.3, -0.25) is 0 Å². The Labute approximate surface area is 99.2 Å². The van der Waals surface area contributed by atoms with Crippen LogP contribution in [0.1, 0.15) is 38.2 Å². The largest absolute Gasteiger partial charge is 0.399 e. The number of benzene rings is 1. The minimum atomic E-state index is 0.844. The molecule has 90 valence electrons. The second-order valence-corrected chi connectivity index (χ2v) is 4.30. The Hall–Kier alpha value is -1.02. The minimum Gasteiger partial charge on any atom is -0.399 e. The molecule has 0 saturated carbocycles. The van der Waals surface area contributed by atoms with Gasteiger partial charge in [-0.15, -0.1) is 0 Å². The molecule has 0 unspecified atom stereocenters. The van der Waals surface area contributed by atoms with E-state index in [1.165, 1.54) is 31.2 Å². The lowest BCUT2D eigenvalue weighted by Crippen LogP contribution is -2.18. The van der Waals surface area contributed by atoms with Crippen LogP contribution >= 0.6 is 0 Å². The van der Waals surface area contributed by atoms with E-state index < -0.39 is 0 Å². The van der Waals surface area contributed by atoms with Gasteiger partial charge < -0.3 is 11.1 Å². The summed E-state index contributed by atoms with van der Waals surface area (Å²) < 4.78 is 0. The molecule has 1 rings (SSSR count). The van der Waals surface area contributed by atoms with Gasteiger partial charge in [-0.2, -0.15) is 0 Å². The first-order valence-electron chi connectivity index (χ1n) is 6.38. The SMILES string of the molecule is CCCCCCNCCc1ccc(N)cc1. The molecule has 0 amide bonds. The van der Waals surface area contributed by atoms with Crippen LogP contribution in [0.2, 0.25) is 0 Å². The zero-order valence-electron chi connectivity index (χ0n) is 10.3. The molecule has 2 heteroatoms. The summed E-state index contributed by atoms with van der Waals surface area (Å²) in [5, 5.41) is 3.48. The van der Waals surface area contributed by atoms with E-state index in [4.69, 9.17) is 5.73 Å². The van der Waals surface area contributed by atoms with E-state index in [-0.39, 0.29) is 0 Å². The zero-order chi connectivity index (χ0) is 11.6. The lowest BCUT2D eigenvalue weighted by Gasteiger charge is -2.05. The summed E-state index contributed by atoms with van der Waals surface area (Å²) in [6, 6.07) is 8.15. The number of rotatable bonds is 8. The topological polar surface area (TPSA) is 38.0 Å². The van der Waals surface area contributed by atoms with Gasteiger partial charge in [0.1, 0.15) is 0 Å². The number of hydrogen-bond donors (Lipinski definition) is 2. The van der Waals surface area contributed by atoms with Crippen LogP contribution in [0, 0.1) is 0 Å². The smallest absolute Gasteiger partial charge is 0.0314 e. The maximum atomic E-state index is 5.63. The molecule has 0 heterocycles. The predicted molar refractivity (Wildman–Crippen MR) is 71.6 cm³/mol. The fraction of sp³-hybridized carbons (Fsp3) is 0.571. The molecule has 0 aliphatic rings. The van der Waals surface area contributed by atoms with Crippen molar-refractivity contribution in [1.29, 1.82) is 0 Å². The molecule has 0 aromatic heterocycles. The third-order valence-electron chi connectivity index (χ3n) is 2.78. The molecule has 2 nitrogen and oxygen atoms in total. The fourth-order valence-corrected chi connectivity index (χ4v) is 1.72. The van der Waals surface area contributed by atoms with Gasteiger partial charge in [-0.1, -0.05) is 38.3 Å². The fourth-order valence-electron chi connectivity index (χ4n) is 1.72. The summed E-state index contributed by atoms with van der Waals surface area (Å²) in [7, 11) is 0. The molecular weight excluding hydrogens is 196 g/mol. The number of nitrogen functional groups attached to an aromatic ring is 1. The minimum absolute atomic E-state index is 0.844. The molecule has 3 N–H and O–H groups in total. The summed E-state index contributed by atoms with van der Waals surface area (Å²) in [5.41, 5.74) is 7.83. The highest BCUT2D eigenvalue weighted by Gasteiger charge is 1.93. The van der Waals surface area contributed by atoms with Crippen molar-refractivity contribution in [1.82, 2.24) is 5.32 Å². The molecule has 1 aromatic carbocycles. The van der Waals surface area contributed by atoms with Crippen molar-refractivity contribution in [2.75, 3.05) is 18.8 Å². The van der Waals surface area contributed by atoms with Crippen LogP contribution < -0.4 is 11.1 Å². The maximum Gasteiger partial charge on any atom is 0.0314 e. The summed E-state index contributed by atoms with van der Waals surface area (Å²) in [4.78, 5) is 0. The van der Waals surface area contributed by atoms with Gasteiger partial charge in [-0.05, 0) is 43.6 Å². The molecule has 1 aromatic rings. The number of nitrogens with one attached hydrogen (secondary N) is 1. The normalized spacial score (nSPS) is 10.6. The van der Waals surface area contributed by atoms with E-state index in [1.54, 1.807) is 0 Å². The van der Waals surface area contributed by atoms with Crippen LogP contribution in [0.3, 0.4) is 0 Å². The Morgan fingerprint density at radius 2 is 1.75 bits per heavy atom. The number of unbranched alkanes of at least 4 members (excludes halogenated alkanes) is 3. The Kier molecular flexibility index (Phi) is 6.66. The van der Waals surface area contributed by atoms with E-state index in [9.17, 15) is 0 Å². The highest BCUT2D eigenvalue weighted by atomic mass is 14.8. The number of nitrogens with two attached hydrogens (primary N) is 1. The molecule has 16 heavy (non-hydrogen) atoms. The summed E-state index contributed by atoms with van der Waals surface area (Å²) in [5.74, 6) is 0. The van der Waals surface area contributed by atoms with Gasteiger partial charge in [0.05, 0.1) is 0 Å². The van der Waals surface area contributed by atoms with Crippen LogP contribution in [0.5, 0.6) is 0 Å². The van der Waals surface area contributed by atoms with Crippen LogP contribution in [0.4, 0.5) is 5.69 Å². The maximum absolute atomic E-state index is 5.63. The molecule has 0 spiro atoms. The van der Waals surface area contributed by atoms with E-state index in [1.807, 2.05) is 12.1 Å². The molecule has 0 atom stereocenters. The Balaban J connectivity index is 2.01. The number of hydrogen-bond acceptors (Lipinski definition) is 2. The van der Waals surface area contributed by atoms with Crippen molar-refractivity contribution in [3.05, 3.63) is 29.8 Å². The molecule has 0 aliphatic heterocycles. The summed E-state index contributed by atoms with van der Waals surface area (Å²) in [6.07, 6.45) is 6.42. The van der Waals surface area contributed by atoms with E-state index in [0.717, 1.165) is 25.2 Å². The second-order valence-electron chi connectivity index (χ2n) is 4.30. The van der Waals surface area contributed by atoms with Crippen molar-refractivity contribution < 1.29 is 0 Å². The van der Waals surface area contributed by atoms with Crippen molar-refractivity contribution in [3.63, 3.8) is 0 Å². The van der Waals surface area contributed by atoms with Gasteiger partial charge >= 0.3 is 0 Å². The van der Waals surface area contributed by atoms with Gasteiger partial charge in [0.2, 0.25) is 0 Å². The summed E-state index contributed by atoms with van der Waals surface area (Å²) in [6.45, 7) is 4.46. The Morgan fingerprint density at radius 1 is 1.00 bits per heavy atom. The van der Waals surface area contributed by atoms with Gasteiger partial charge in [-0.25, -0.2) is 0 Å². The third kappa shape index (κ3) is 5.76. The predicted octanol–water partition coefficient (Wildman–Crippen LogP) is 2.98. The Bertz CT molecular complexity index is 267. The lowest BCUT2D eigenvalue weighted by atomic mass is 10.1. The highest BCUT2D eigenvalue weighted by Crippen LogP contribution is 2.05. The number of anilines is 1. The van der Waals surface area contributed by atoms with E-state index >= 15 is 0 Å². The monoisotopic (exact) mass is 220 g/mol. The second kappa shape index (κ2) is 8.17. The quantitative estimate of drug-likeness (QED) is 0.522. The average Bonchev–Trinajstić information content (AvgIpc) is 2.30. The van der Waals surface area contributed by atoms with Gasteiger partial charge in [0, 0.05) is 5.69 Å². The first-order chi connectivity index (χ1) is 7.83. The zero-order valence-corrected chi connectivity index (χ0v) is 10.3. The standard InChI is InChI=1S/C14H24N2/c1-2-3-4-5-11-16-12-10-13-6-8-14(15)9-7-13/h6-9,16H,2-5,10-12,15H2,1H3. The Morgan fingerprint density at radius 3 is 2.44 bits per heavy atom. The third-order valence-corrected chi connectivity index (χ3v) is 2.78. The van der Waals surface area contributed by atoms with Gasteiger partial charge in [0.25, 0.3) is 0 Å². The van der Waals surface area contributed by atoms with Crippen molar-refractivity contribution in [3.8, 4) is 0 Å². The highest BCUT2D eigenvalue weighted by molar-refractivity contribution is 5.39. The average molecular weight is 220 g/mol. The lowest BCUT2D eigenvalue weighted by molar-refractivity contribution is 0.599. The molecule has 0 fully saturated rings. The van der Waals surface area contributed by atoms with Crippen LogP contribution in [-0.4, -0.2) is 13.1 Å². The van der Waals surface area contributed by atoms with Crippen molar-refractivity contribution in [2.45, 2.75) is 39.0 Å². The molecule has 0 bridgehead atoms. The van der Waals surface area contributed by atoms with Crippen LogP contribution in [0.25, 0.3) is 0 Å². The molecule has 0 aliphatic carbocycles. The molecule has 0 radical (unpaired) electrons. The van der Waals surface area contributed by atoms with Crippen molar-refractivity contribution in [2.24, 2.45) is 0 Å². The first kappa shape index (κ1) is 13.0. The summed E-state index contributed by atoms with van der Waals surface area (Å²) >= 11 is 0.